The maximum absolute atomic E-state index is 12.0. The molecule has 3 rings (SSSR count). The predicted octanol–water partition coefficient (Wildman–Crippen LogP) is 0.190. The van der Waals surface area contributed by atoms with Crippen LogP contribution in [0.15, 0.2) is 40.9 Å². The number of aromatic nitrogens is 1. The molecule has 2 amide bonds. The minimum atomic E-state index is -0.483. The van der Waals surface area contributed by atoms with Crippen LogP contribution >= 0.6 is 12.4 Å². The van der Waals surface area contributed by atoms with Crippen LogP contribution in [-0.4, -0.2) is 54.4 Å². The van der Waals surface area contributed by atoms with Gasteiger partial charge in [0, 0.05) is 37.2 Å². The molecule has 4 N–H and O–H groups in total. The number of halogens is 1. The Morgan fingerprint density at radius 2 is 2.00 bits per heavy atom. The Kier molecular flexibility index (Phi) is 7.14. The number of rotatable bonds is 6. The van der Waals surface area contributed by atoms with Gasteiger partial charge in [-0.05, 0) is 0 Å². The number of β-amino-alcohol motifs (C(OH)–C–C–N with tert-alkyl or cyclic N) is 1. The maximum Gasteiger partial charge on any atom is 0.273 e. The van der Waals surface area contributed by atoms with E-state index >= 15 is 0 Å². The van der Waals surface area contributed by atoms with Gasteiger partial charge in [-0.3, -0.25) is 9.59 Å². The first kappa shape index (κ1) is 19.9. The third kappa shape index (κ3) is 5.04. The molecule has 0 bridgehead atoms. The Balaban J connectivity index is 0.00000243. The third-order valence-corrected chi connectivity index (χ3v) is 4.08. The molecule has 1 aromatic heterocycles. The lowest BCUT2D eigenvalue weighted by Gasteiger charge is -2.14. The first-order chi connectivity index (χ1) is 12.1. The van der Waals surface area contributed by atoms with E-state index in [2.05, 4.69) is 21.1 Å². The molecule has 2 unspecified atom stereocenters. The zero-order valence-electron chi connectivity index (χ0n) is 14.0. The topological polar surface area (TPSA) is 116 Å². The van der Waals surface area contributed by atoms with Crippen molar-refractivity contribution in [2.45, 2.75) is 6.10 Å². The smallest absolute Gasteiger partial charge is 0.273 e. The molecule has 2 heterocycles. The summed E-state index contributed by atoms with van der Waals surface area (Å²) in [6.45, 7) is 1.40. The number of aliphatic hydroxyl groups is 1. The van der Waals surface area contributed by atoms with E-state index < -0.39 is 12.0 Å². The number of hydrogen-bond donors (Lipinski definition) is 4. The quantitative estimate of drug-likeness (QED) is 0.568. The van der Waals surface area contributed by atoms with Gasteiger partial charge < -0.3 is 25.6 Å². The highest BCUT2D eigenvalue weighted by molar-refractivity contribution is 5.95. The normalized spacial score (nSPS) is 18.8. The second-order valence-corrected chi connectivity index (χ2v) is 5.91. The van der Waals surface area contributed by atoms with Crippen LogP contribution in [0.3, 0.4) is 0 Å². The Morgan fingerprint density at radius 3 is 2.69 bits per heavy atom. The molecule has 9 heteroatoms. The van der Waals surface area contributed by atoms with Crippen LogP contribution in [0.4, 0.5) is 0 Å². The van der Waals surface area contributed by atoms with Gasteiger partial charge in [0.1, 0.15) is 0 Å². The fraction of sp³-hybridized carbons (Fsp3) is 0.353. The van der Waals surface area contributed by atoms with Gasteiger partial charge in [-0.2, -0.15) is 0 Å². The summed E-state index contributed by atoms with van der Waals surface area (Å²) in [5.41, 5.74) is 0.928. The Hall–Kier alpha value is -2.42. The number of aliphatic hydroxyl groups excluding tert-OH is 1. The van der Waals surface area contributed by atoms with E-state index in [1.54, 1.807) is 0 Å². The summed E-state index contributed by atoms with van der Waals surface area (Å²) in [5.74, 6) is -0.329. The Labute approximate surface area is 156 Å². The van der Waals surface area contributed by atoms with E-state index in [0.717, 1.165) is 5.56 Å². The standard InChI is InChI=1S/C17H20N4O4.ClH/c22-14-9-18-7-12(14)8-19-16(23)10-20-17(24)13-6-15(25-21-13)11-4-2-1-3-5-11;/h1-6,12,14,18,22H,7-10H2,(H,19,23)(H,20,24);1H. The Morgan fingerprint density at radius 1 is 1.23 bits per heavy atom. The maximum atomic E-state index is 12.0. The lowest BCUT2D eigenvalue weighted by atomic mass is 10.1. The largest absolute Gasteiger partial charge is 0.391 e. The minimum Gasteiger partial charge on any atom is -0.391 e. The van der Waals surface area contributed by atoms with Crippen LogP contribution in [0.25, 0.3) is 11.3 Å². The molecule has 1 aliphatic heterocycles. The summed E-state index contributed by atoms with van der Waals surface area (Å²) in [6.07, 6.45) is -0.457. The van der Waals surface area contributed by atoms with Gasteiger partial charge in [0.25, 0.3) is 5.91 Å². The van der Waals surface area contributed by atoms with Crippen molar-refractivity contribution >= 4 is 24.2 Å². The van der Waals surface area contributed by atoms with E-state index in [0.29, 0.717) is 25.4 Å². The van der Waals surface area contributed by atoms with Gasteiger partial charge in [0.05, 0.1) is 12.6 Å². The van der Waals surface area contributed by atoms with Gasteiger partial charge in [-0.1, -0.05) is 35.5 Å². The fourth-order valence-corrected chi connectivity index (χ4v) is 2.61. The molecule has 1 aliphatic rings. The number of benzene rings is 1. The highest BCUT2D eigenvalue weighted by Gasteiger charge is 2.25. The van der Waals surface area contributed by atoms with Crippen molar-refractivity contribution in [1.82, 2.24) is 21.1 Å². The number of hydrogen-bond acceptors (Lipinski definition) is 6. The molecule has 0 saturated carbocycles. The Bertz CT molecular complexity index is 737. The van der Waals surface area contributed by atoms with E-state index in [1.165, 1.54) is 6.07 Å². The number of carbonyl (C=O) groups excluding carboxylic acids is 2. The van der Waals surface area contributed by atoms with Crippen molar-refractivity contribution in [3.63, 3.8) is 0 Å². The number of nitrogens with zero attached hydrogens (tertiary/aromatic N) is 1. The van der Waals surface area contributed by atoms with E-state index in [1.807, 2.05) is 30.3 Å². The van der Waals surface area contributed by atoms with E-state index in [9.17, 15) is 14.7 Å². The summed E-state index contributed by atoms with van der Waals surface area (Å²) in [5, 5.41) is 21.6. The molecular formula is C17H21ClN4O4. The zero-order valence-corrected chi connectivity index (χ0v) is 14.8. The van der Waals surface area contributed by atoms with Crippen molar-refractivity contribution in [1.29, 1.82) is 0 Å². The first-order valence-corrected chi connectivity index (χ1v) is 8.09. The molecule has 1 saturated heterocycles. The lowest BCUT2D eigenvalue weighted by Crippen LogP contribution is -2.40. The molecule has 0 spiro atoms. The van der Waals surface area contributed by atoms with Crippen molar-refractivity contribution in [3.8, 4) is 11.3 Å². The summed E-state index contributed by atoms with van der Waals surface area (Å²) >= 11 is 0. The molecule has 0 aliphatic carbocycles. The second-order valence-electron chi connectivity index (χ2n) is 5.91. The van der Waals surface area contributed by atoms with Crippen LogP contribution in [-0.2, 0) is 4.79 Å². The summed E-state index contributed by atoms with van der Waals surface area (Å²) in [6, 6.07) is 10.8. The van der Waals surface area contributed by atoms with Gasteiger partial charge in [-0.15, -0.1) is 12.4 Å². The zero-order chi connectivity index (χ0) is 17.6. The molecule has 0 radical (unpaired) electrons. The van der Waals surface area contributed by atoms with Crippen LogP contribution in [0, 0.1) is 5.92 Å². The molecule has 8 nitrogen and oxygen atoms in total. The van der Waals surface area contributed by atoms with Gasteiger partial charge in [-0.25, -0.2) is 0 Å². The highest BCUT2D eigenvalue weighted by atomic mass is 35.5. The van der Waals surface area contributed by atoms with Crippen LogP contribution in [0.5, 0.6) is 0 Å². The monoisotopic (exact) mass is 380 g/mol. The average molecular weight is 381 g/mol. The molecule has 2 atom stereocenters. The molecule has 2 aromatic rings. The highest BCUT2D eigenvalue weighted by Crippen LogP contribution is 2.19. The molecular weight excluding hydrogens is 360 g/mol. The van der Waals surface area contributed by atoms with Crippen molar-refractivity contribution in [3.05, 3.63) is 42.1 Å². The van der Waals surface area contributed by atoms with Gasteiger partial charge in [0.2, 0.25) is 5.91 Å². The van der Waals surface area contributed by atoms with Crippen molar-refractivity contribution < 1.29 is 19.2 Å². The number of nitrogens with one attached hydrogen (secondary N) is 3. The van der Waals surface area contributed by atoms with Crippen LogP contribution in [0.1, 0.15) is 10.5 Å². The van der Waals surface area contributed by atoms with E-state index in [4.69, 9.17) is 4.52 Å². The second kappa shape index (κ2) is 9.33. The van der Waals surface area contributed by atoms with Crippen LogP contribution in [0.2, 0.25) is 0 Å². The lowest BCUT2D eigenvalue weighted by molar-refractivity contribution is -0.120. The molecule has 1 aromatic carbocycles. The summed E-state index contributed by atoms with van der Waals surface area (Å²) in [7, 11) is 0. The molecule has 140 valence electrons. The SMILES string of the molecule is Cl.O=C(CNC(=O)c1cc(-c2ccccc2)on1)NCC1CNCC1O. The van der Waals surface area contributed by atoms with Gasteiger partial charge >= 0.3 is 0 Å². The van der Waals surface area contributed by atoms with Gasteiger partial charge in [0.15, 0.2) is 11.5 Å². The molecule has 1 fully saturated rings. The van der Waals surface area contributed by atoms with Crippen molar-refractivity contribution in [2.24, 2.45) is 5.92 Å². The van der Waals surface area contributed by atoms with Crippen molar-refractivity contribution in [2.75, 3.05) is 26.2 Å². The average Bonchev–Trinajstić information content (AvgIpc) is 3.28. The predicted molar refractivity (Wildman–Crippen MR) is 96.9 cm³/mol. The first-order valence-electron chi connectivity index (χ1n) is 8.09. The molecule has 26 heavy (non-hydrogen) atoms. The van der Waals surface area contributed by atoms with Crippen LogP contribution < -0.4 is 16.0 Å². The number of amides is 2. The summed E-state index contributed by atoms with van der Waals surface area (Å²) in [4.78, 5) is 23.8. The summed E-state index contributed by atoms with van der Waals surface area (Å²) < 4.78 is 5.16. The minimum absolute atomic E-state index is 0. The third-order valence-electron chi connectivity index (χ3n) is 4.08. The van der Waals surface area contributed by atoms with E-state index in [-0.39, 0.29) is 36.5 Å². The fourth-order valence-electron chi connectivity index (χ4n) is 2.61. The number of carbonyl (C=O) groups is 2.